The number of carbonyl (C=O) groups excluding carboxylic acids is 1. The minimum Gasteiger partial charge on any atom is -0.481 e. The zero-order chi connectivity index (χ0) is 18.4. The molecule has 25 heavy (non-hydrogen) atoms. The van der Waals surface area contributed by atoms with E-state index in [0.29, 0.717) is 4.90 Å². The lowest BCUT2D eigenvalue weighted by molar-refractivity contribution is -0.139. The smallest absolute Gasteiger partial charge is 0.341 e. The molecule has 0 aromatic heterocycles. The van der Waals surface area contributed by atoms with Crippen molar-refractivity contribution in [1.82, 2.24) is 5.32 Å². The molecular weight excluding hydrogens is 349 g/mol. The van der Waals surface area contributed by atoms with Crippen LogP contribution in [0.5, 0.6) is 5.75 Å². The van der Waals surface area contributed by atoms with Gasteiger partial charge in [0.25, 0.3) is 5.91 Å². The maximum atomic E-state index is 13.3. The summed E-state index contributed by atoms with van der Waals surface area (Å²) in [7, 11) is -1.13. The number of carboxylic acid groups (broad SMARTS) is 1. The van der Waals surface area contributed by atoms with Crippen molar-refractivity contribution in [3.8, 4) is 5.75 Å². The van der Waals surface area contributed by atoms with Crippen LogP contribution in [0.4, 0.5) is 4.39 Å². The molecule has 0 aliphatic rings. The first kappa shape index (κ1) is 18.6. The third-order valence-corrected chi connectivity index (χ3v) is 4.14. The van der Waals surface area contributed by atoms with Crippen molar-refractivity contribution >= 4 is 22.7 Å². The largest absolute Gasteiger partial charge is 0.481 e. The van der Waals surface area contributed by atoms with Gasteiger partial charge in [-0.3, -0.25) is 9.00 Å². The van der Waals surface area contributed by atoms with Crippen molar-refractivity contribution in [2.45, 2.75) is 11.4 Å². The van der Waals surface area contributed by atoms with Crippen molar-refractivity contribution in [3.63, 3.8) is 0 Å². The fraction of sp³-hybridized carbons (Fsp3) is 0.176. The second-order valence-electron chi connectivity index (χ2n) is 5.11. The number of benzene rings is 2. The molecule has 2 N–H and O–H groups in total. The Morgan fingerprint density at radius 3 is 2.68 bits per heavy atom. The third kappa shape index (κ3) is 5.39. The first-order valence-electron chi connectivity index (χ1n) is 7.21. The van der Waals surface area contributed by atoms with E-state index in [-0.39, 0.29) is 17.9 Å². The molecule has 0 saturated carbocycles. The van der Waals surface area contributed by atoms with Gasteiger partial charge >= 0.3 is 5.97 Å². The minimum atomic E-state index is -1.24. The number of halogens is 1. The number of hydrogen-bond donors (Lipinski definition) is 2. The molecule has 132 valence electrons. The Labute approximate surface area is 146 Å². The second-order valence-corrected chi connectivity index (χ2v) is 6.49. The third-order valence-electron chi connectivity index (χ3n) is 3.22. The fourth-order valence-electron chi connectivity index (χ4n) is 2.05. The number of carboxylic acids is 1. The highest BCUT2D eigenvalue weighted by molar-refractivity contribution is 7.84. The van der Waals surface area contributed by atoms with Crippen LogP contribution in [0.2, 0.25) is 0 Å². The predicted molar refractivity (Wildman–Crippen MR) is 89.5 cm³/mol. The van der Waals surface area contributed by atoms with Gasteiger partial charge in [-0.25, -0.2) is 9.18 Å². The number of amides is 1. The van der Waals surface area contributed by atoms with Crippen LogP contribution in [0.1, 0.15) is 15.9 Å². The molecule has 0 saturated heterocycles. The van der Waals surface area contributed by atoms with E-state index in [1.807, 2.05) is 0 Å². The SMILES string of the molecule is C[S@](=O)c1cccc(CNC(=O)c2ccc(F)cc2OCC(=O)O)c1. The molecule has 0 aliphatic carbocycles. The Hall–Kier alpha value is -2.74. The molecule has 2 aromatic carbocycles. The van der Waals surface area contributed by atoms with Gasteiger partial charge in [0.15, 0.2) is 6.61 Å². The number of carbonyl (C=O) groups is 2. The molecule has 2 rings (SSSR count). The standard InChI is InChI=1S/C17H16FNO5S/c1-25(23)13-4-2-3-11(7-13)9-19-17(22)14-6-5-12(18)8-15(14)24-10-16(20)21/h2-8H,9-10H2,1H3,(H,19,22)(H,20,21)/t25-/m0/s1. The maximum absolute atomic E-state index is 13.3. The van der Waals surface area contributed by atoms with E-state index < -0.39 is 35.1 Å². The molecule has 2 aromatic rings. The Kier molecular flexibility index (Phi) is 6.24. The van der Waals surface area contributed by atoms with E-state index in [0.717, 1.165) is 17.7 Å². The number of nitrogens with one attached hydrogen (secondary N) is 1. The lowest BCUT2D eigenvalue weighted by Crippen LogP contribution is -2.24. The van der Waals surface area contributed by atoms with Gasteiger partial charge in [0.05, 0.1) is 5.56 Å². The molecule has 0 radical (unpaired) electrons. The Balaban J connectivity index is 2.11. The first-order chi connectivity index (χ1) is 11.9. The number of aliphatic carboxylic acids is 1. The summed E-state index contributed by atoms with van der Waals surface area (Å²) in [5.74, 6) is -2.57. The first-order valence-corrected chi connectivity index (χ1v) is 8.77. The van der Waals surface area contributed by atoms with Crippen LogP contribution in [0, 0.1) is 5.82 Å². The van der Waals surface area contributed by atoms with Crippen LogP contribution in [0.25, 0.3) is 0 Å². The van der Waals surface area contributed by atoms with Crippen LogP contribution in [-0.2, 0) is 22.1 Å². The van der Waals surface area contributed by atoms with Crippen LogP contribution in [0.15, 0.2) is 47.4 Å². The topological polar surface area (TPSA) is 92.7 Å². The number of ether oxygens (including phenoxy) is 1. The van der Waals surface area contributed by atoms with E-state index in [1.165, 1.54) is 6.07 Å². The second kappa shape index (κ2) is 8.39. The highest BCUT2D eigenvalue weighted by Crippen LogP contribution is 2.20. The molecule has 1 amide bonds. The van der Waals surface area contributed by atoms with Crippen molar-refractivity contribution in [2.24, 2.45) is 0 Å². The van der Waals surface area contributed by atoms with Crippen LogP contribution >= 0.6 is 0 Å². The molecule has 6 nitrogen and oxygen atoms in total. The zero-order valence-electron chi connectivity index (χ0n) is 13.3. The molecule has 1 atom stereocenters. The van der Waals surface area contributed by atoms with Gasteiger partial charge in [0, 0.05) is 34.6 Å². The summed E-state index contributed by atoms with van der Waals surface area (Å²) in [5.41, 5.74) is 0.772. The molecule has 0 heterocycles. The fourth-order valence-corrected chi connectivity index (χ4v) is 2.64. The van der Waals surface area contributed by atoms with Gasteiger partial charge in [-0.05, 0) is 29.8 Å². The van der Waals surface area contributed by atoms with Gasteiger partial charge < -0.3 is 15.2 Å². The Morgan fingerprint density at radius 2 is 2.00 bits per heavy atom. The summed E-state index contributed by atoms with van der Waals surface area (Å²) >= 11 is 0. The van der Waals surface area contributed by atoms with Gasteiger partial charge in [0.1, 0.15) is 11.6 Å². The zero-order valence-corrected chi connectivity index (χ0v) is 14.1. The number of hydrogen-bond acceptors (Lipinski definition) is 4. The minimum absolute atomic E-state index is 0.0258. The molecule has 0 aliphatic heterocycles. The lowest BCUT2D eigenvalue weighted by Gasteiger charge is -2.11. The Bertz CT molecular complexity index is 824. The van der Waals surface area contributed by atoms with Crippen LogP contribution < -0.4 is 10.1 Å². The normalized spacial score (nSPS) is 11.6. The van der Waals surface area contributed by atoms with Crippen molar-refractivity contribution in [3.05, 3.63) is 59.4 Å². The van der Waals surface area contributed by atoms with Crippen LogP contribution in [0.3, 0.4) is 0 Å². The van der Waals surface area contributed by atoms with Crippen molar-refractivity contribution in [1.29, 1.82) is 0 Å². The van der Waals surface area contributed by atoms with E-state index in [4.69, 9.17) is 9.84 Å². The maximum Gasteiger partial charge on any atom is 0.341 e. The predicted octanol–water partition coefficient (Wildman–Crippen LogP) is 1.96. The molecule has 0 spiro atoms. The summed E-state index contributed by atoms with van der Waals surface area (Å²) in [4.78, 5) is 23.5. The summed E-state index contributed by atoms with van der Waals surface area (Å²) in [6, 6.07) is 10.2. The molecule has 0 unspecified atom stereocenters. The molecule has 8 heteroatoms. The van der Waals surface area contributed by atoms with Crippen LogP contribution in [-0.4, -0.2) is 34.1 Å². The van der Waals surface area contributed by atoms with Gasteiger partial charge in [-0.15, -0.1) is 0 Å². The van der Waals surface area contributed by atoms with Gasteiger partial charge in [0.2, 0.25) is 0 Å². The average molecular weight is 365 g/mol. The summed E-state index contributed by atoms with van der Waals surface area (Å²) in [5, 5.41) is 11.3. The molecule has 0 fully saturated rings. The van der Waals surface area contributed by atoms with E-state index >= 15 is 0 Å². The number of rotatable bonds is 7. The van der Waals surface area contributed by atoms with E-state index in [2.05, 4.69) is 5.32 Å². The van der Waals surface area contributed by atoms with Crippen molar-refractivity contribution in [2.75, 3.05) is 12.9 Å². The van der Waals surface area contributed by atoms with E-state index in [1.54, 1.807) is 30.5 Å². The summed E-state index contributed by atoms with van der Waals surface area (Å²) in [6.45, 7) is -0.520. The quantitative estimate of drug-likeness (QED) is 0.782. The lowest BCUT2D eigenvalue weighted by atomic mass is 10.1. The summed E-state index contributed by atoms with van der Waals surface area (Å²) in [6.07, 6.45) is 1.56. The highest BCUT2D eigenvalue weighted by atomic mass is 32.2. The summed E-state index contributed by atoms with van der Waals surface area (Å²) < 4.78 is 29.8. The van der Waals surface area contributed by atoms with Crippen molar-refractivity contribution < 1.29 is 28.0 Å². The van der Waals surface area contributed by atoms with Gasteiger partial charge in [-0.1, -0.05) is 12.1 Å². The highest BCUT2D eigenvalue weighted by Gasteiger charge is 2.15. The molecule has 0 bridgehead atoms. The average Bonchev–Trinajstić information content (AvgIpc) is 2.58. The Morgan fingerprint density at radius 1 is 1.24 bits per heavy atom. The van der Waals surface area contributed by atoms with Gasteiger partial charge in [-0.2, -0.15) is 0 Å². The monoisotopic (exact) mass is 365 g/mol. The molecular formula is C17H16FNO5S. The van der Waals surface area contributed by atoms with E-state index in [9.17, 15) is 18.2 Å².